The number of fused-ring (bicyclic) bond motifs is 1. The minimum absolute atomic E-state index is 0.149. The fourth-order valence-electron chi connectivity index (χ4n) is 3.06. The van der Waals surface area contributed by atoms with Crippen molar-refractivity contribution in [2.45, 2.75) is 6.42 Å². The lowest BCUT2D eigenvalue weighted by Gasteiger charge is -2.19. The molecular formula is C24H19ClN2O3. The monoisotopic (exact) mass is 418 g/mol. The van der Waals surface area contributed by atoms with Gasteiger partial charge in [-0.25, -0.2) is 0 Å². The first-order valence-electron chi connectivity index (χ1n) is 9.51. The van der Waals surface area contributed by atoms with Crippen LogP contribution in [0.4, 0.5) is 5.69 Å². The summed E-state index contributed by atoms with van der Waals surface area (Å²) >= 11 is 5.88. The first-order valence-corrected chi connectivity index (χ1v) is 9.89. The summed E-state index contributed by atoms with van der Waals surface area (Å²) < 4.78 is 5.69. The number of para-hydroxylation sites is 2. The molecule has 6 heteroatoms. The third kappa shape index (κ3) is 4.70. The van der Waals surface area contributed by atoms with E-state index < -0.39 is 0 Å². The summed E-state index contributed by atoms with van der Waals surface area (Å²) in [5, 5.41) is 6.39. The molecule has 0 saturated heterocycles. The number of nitrogens with one attached hydrogen (secondary N) is 2. The van der Waals surface area contributed by atoms with Crippen LogP contribution < -0.4 is 15.4 Å². The van der Waals surface area contributed by atoms with E-state index in [4.69, 9.17) is 16.3 Å². The van der Waals surface area contributed by atoms with E-state index >= 15 is 0 Å². The standard InChI is InChI=1S/C24H19ClN2O3/c25-19-11-7-16(8-12-19)13-14-26-23(28)18-9-5-17(6-10-18)15-22-24(29)27-20-3-1-2-4-21(20)30-22/h1-12,15H,13-14H2,(H,26,28)(H,27,29)/b22-15-. The van der Waals surface area contributed by atoms with Crippen LogP contribution in [0.15, 0.2) is 78.6 Å². The average Bonchev–Trinajstić information content (AvgIpc) is 2.76. The lowest BCUT2D eigenvalue weighted by molar-refractivity contribution is -0.115. The molecule has 0 atom stereocenters. The van der Waals surface area contributed by atoms with Crippen molar-refractivity contribution in [3.8, 4) is 5.75 Å². The van der Waals surface area contributed by atoms with Gasteiger partial charge in [0.25, 0.3) is 11.8 Å². The number of carbonyl (C=O) groups excluding carboxylic acids is 2. The van der Waals surface area contributed by atoms with Gasteiger partial charge in [-0.2, -0.15) is 0 Å². The number of halogens is 1. The number of hydrogen-bond acceptors (Lipinski definition) is 3. The topological polar surface area (TPSA) is 67.4 Å². The summed E-state index contributed by atoms with van der Waals surface area (Å²) in [5.41, 5.74) is 3.06. The van der Waals surface area contributed by atoms with E-state index in [2.05, 4.69) is 10.6 Å². The smallest absolute Gasteiger partial charge is 0.291 e. The molecule has 1 heterocycles. The van der Waals surface area contributed by atoms with Crippen molar-refractivity contribution in [3.05, 3.63) is 100 Å². The largest absolute Gasteiger partial charge is 0.449 e. The molecule has 0 fully saturated rings. The number of ether oxygens (including phenoxy) is 1. The molecule has 0 radical (unpaired) electrons. The van der Waals surface area contributed by atoms with Crippen LogP contribution in [0.3, 0.4) is 0 Å². The second kappa shape index (κ2) is 8.84. The minimum atomic E-state index is -0.308. The molecule has 3 aromatic carbocycles. The zero-order valence-electron chi connectivity index (χ0n) is 16.0. The Kier molecular flexibility index (Phi) is 5.82. The second-order valence-corrected chi connectivity index (χ2v) is 7.25. The molecule has 2 N–H and O–H groups in total. The molecule has 150 valence electrons. The molecule has 5 nitrogen and oxygen atoms in total. The Bertz CT molecular complexity index is 1110. The van der Waals surface area contributed by atoms with Gasteiger partial charge < -0.3 is 15.4 Å². The Balaban J connectivity index is 1.36. The van der Waals surface area contributed by atoms with Crippen LogP contribution in [0.1, 0.15) is 21.5 Å². The predicted molar refractivity (Wildman–Crippen MR) is 118 cm³/mol. The SMILES string of the molecule is O=C1Nc2ccccc2O/C1=C\c1ccc(C(=O)NCCc2ccc(Cl)cc2)cc1. The Morgan fingerprint density at radius 1 is 1.00 bits per heavy atom. The maximum atomic E-state index is 12.3. The van der Waals surface area contributed by atoms with Crippen LogP contribution in [0.5, 0.6) is 5.75 Å². The van der Waals surface area contributed by atoms with E-state index in [1.54, 1.807) is 42.5 Å². The number of anilines is 1. The van der Waals surface area contributed by atoms with Gasteiger partial charge >= 0.3 is 0 Å². The normalized spacial score (nSPS) is 13.9. The van der Waals surface area contributed by atoms with Crippen LogP contribution in [0.2, 0.25) is 5.02 Å². The van der Waals surface area contributed by atoms with Crippen molar-refractivity contribution >= 4 is 35.2 Å². The molecule has 0 bridgehead atoms. The van der Waals surface area contributed by atoms with Gasteiger partial charge in [-0.3, -0.25) is 9.59 Å². The van der Waals surface area contributed by atoms with Crippen molar-refractivity contribution in [2.75, 3.05) is 11.9 Å². The maximum absolute atomic E-state index is 12.3. The van der Waals surface area contributed by atoms with Crippen molar-refractivity contribution in [1.82, 2.24) is 5.32 Å². The van der Waals surface area contributed by atoms with E-state index in [9.17, 15) is 9.59 Å². The van der Waals surface area contributed by atoms with Crippen LogP contribution in [-0.2, 0) is 11.2 Å². The lowest BCUT2D eigenvalue weighted by atomic mass is 10.1. The molecule has 1 aliphatic rings. The summed E-state index contributed by atoms with van der Waals surface area (Å²) in [6, 6.07) is 21.8. The van der Waals surface area contributed by atoms with Crippen molar-refractivity contribution < 1.29 is 14.3 Å². The summed E-state index contributed by atoms with van der Waals surface area (Å²) in [7, 11) is 0. The van der Waals surface area contributed by atoms with E-state index in [0.29, 0.717) is 28.6 Å². The molecule has 30 heavy (non-hydrogen) atoms. The highest BCUT2D eigenvalue weighted by atomic mass is 35.5. The molecule has 2 amide bonds. The summed E-state index contributed by atoms with van der Waals surface area (Å²) in [6.45, 7) is 0.527. The number of amides is 2. The molecule has 1 aliphatic heterocycles. The third-order valence-corrected chi connectivity index (χ3v) is 4.91. The number of hydrogen-bond donors (Lipinski definition) is 2. The third-order valence-electron chi connectivity index (χ3n) is 4.66. The summed E-state index contributed by atoms with van der Waals surface area (Å²) in [4.78, 5) is 24.6. The fraction of sp³-hybridized carbons (Fsp3) is 0.0833. The maximum Gasteiger partial charge on any atom is 0.291 e. The molecule has 3 aromatic rings. The van der Waals surface area contributed by atoms with Crippen molar-refractivity contribution in [2.24, 2.45) is 0 Å². The zero-order chi connectivity index (χ0) is 20.9. The predicted octanol–water partition coefficient (Wildman–Crippen LogP) is 4.68. The fourth-order valence-corrected chi connectivity index (χ4v) is 3.18. The molecule has 4 rings (SSSR count). The second-order valence-electron chi connectivity index (χ2n) is 6.82. The molecular weight excluding hydrogens is 400 g/mol. The van der Waals surface area contributed by atoms with E-state index in [0.717, 1.165) is 17.5 Å². The highest BCUT2D eigenvalue weighted by Gasteiger charge is 2.21. The molecule has 0 spiro atoms. The van der Waals surface area contributed by atoms with Gasteiger partial charge in [-0.15, -0.1) is 0 Å². The van der Waals surface area contributed by atoms with Crippen LogP contribution >= 0.6 is 11.6 Å². The highest BCUT2D eigenvalue weighted by molar-refractivity contribution is 6.30. The highest BCUT2D eigenvalue weighted by Crippen LogP contribution is 2.30. The Morgan fingerprint density at radius 2 is 1.73 bits per heavy atom. The number of carbonyl (C=O) groups is 2. The number of rotatable bonds is 5. The van der Waals surface area contributed by atoms with Gasteiger partial charge in [0.1, 0.15) is 0 Å². The Hall–Kier alpha value is -3.57. The van der Waals surface area contributed by atoms with Gasteiger partial charge in [0.2, 0.25) is 0 Å². The first kappa shape index (κ1) is 19.7. The van der Waals surface area contributed by atoms with E-state index in [1.165, 1.54) is 0 Å². The van der Waals surface area contributed by atoms with Crippen LogP contribution in [-0.4, -0.2) is 18.4 Å². The Morgan fingerprint density at radius 3 is 2.50 bits per heavy atom. The summed E-state index contributed by atoms with van der Waals surface area (Å²) in [6.07, 6.45) is 2.37. The zero-order valence-corrected chi connectivity index (χ0v) is 16.8. The molecule has 0 aliphatic carbocycles. The van der Waals surface area contributed by atoms with Gasteiger partial charge in [0.05, 0.1) is 5.69 Å². The van der Waals surface area contributed by atoms with Crippen molar-refractivity contribution in [1.29, 1.82) is 0 Å². The van der Waals surface area contributed by atoms with Crippen LogP contribution in [0, 0.1) is 0 Å². The van der Waals surface area contributed by atoms with Crippen molar-refractivity contribution in [3.63, 3.8) is 0 Å². The summed E-state index contributed by atoms with van der Waals surface area (Å²) in [5.74, 6) is 0.343. The molecule has 0 aromatic heterocycles. The van der Waals surface area contributed by atoms with Gasteiger partial charge in [-0.1, -0.05) is 48.0 Å². The quantitative estimate of drug-likeness (QED) is 0.591. The molecule has 0 saturated carbocycles. The van der Waals surface area contributed by atoms with Gasteiger partial charge in [0.15, 0.2) is 11.5 Å². The first-order chi connectivity index (χ1) is 14.6. The Labute approximate surface area is 179 Å². The average molecular weight is 419 g/mol. The molecule has 0 unspecified atom stereocenters. The lowest BCUT2D eigenvalue weighted by Crippen LogP contribution is -2.25. The van der Waals surface area contributed by atoms with Crippen LogP contribution in [0.25, 0.3) is 6.08 Å². The minimum Gasteiger partial charge on any atom is -0.449 e. The van der Waals surface area contributed by atoms with Gasteiger partial charge in [-0.05, 0) is 60.0 Å². The van der Waals surface area contributed by atoms with Gasteiger partial charge in [0, 0.05) is 17.1 Å². The number of benzene rings is 3. The van der Waals surface area contributed by atoms with E-state index in [1.807, 2.05) is 36.4 Å². The van der Waals surface area contributed by atoms with E-state index in [-0.39, 0.29) is 17.6 Å².